The standard InChI is InChI=1S/C18H18F3N7O3S2/c1-5-33(30,31)17-13(15-22-7-6-12(28(15)25-17)26-32(3,4)29)16-24-11-8-10(18(19,20)21)9-23-14(11)27(16)2/h6-9H,5H2,1-4H3. The van der Waals surface area contributed by atoms with Gasteiger partial charge < -0.3 is 4.57 Å². The van der Waals surface area contributed by atoms with Gasteiger partial charge in [-0.3, -0.25) is 0 Å². The van der Waals surface area contributed by atoms with Gasteiger partial charge in [-0.2, -0.15) is 27.1 Å². The van der Waals surface area contributed by atoms with Crippen molar-refractivity contribution in [3.8, 4) is 11.4 Å². The lowest BCUT2D eigenvalue weighted by Gasteiger charge is -2.05. The third-order valence-corrected chi connectivity index (χ3v) is 6.98. The first-order valence-electron chi connectivity index (χ1n) is 9.40. The molecule has 4 aromatic rings. The van der Waals surface area contributed by atoms with Crippen molar-refractivity contribution < 1.29 is 25.8 Å². The molecule has 0 unspecified atom stereocenters. The summed E-state index contributed by atoms with van der Waals surface area (Å²) in [6.07, 6.45) is 0.217. The predicted octanol–water partition coefficient (Wildman–Crippen LogP) is 2.85. The highest BCUT2D eigenvalue weighted by Crippen LogP contribution is 2.35. The lowest BCUT2D eigenvalue weighted by Crippen LogP contribution is -2.07. The van der Waals surface area contributed by atoms with E-state index >= 15 is 0 Å². The molecule has 0 radical (unpaired) electrons. The van der Waals surface area contributed by atoms with Crippen LogP contribution >= 0.6 is 0 Å². The first-order valence-corrected chi connectivity index (χ1v) is 13.4. The van der Waals surface area contributed by atoms with E-state index in [0.717, 1.165) is 10.6 Å². The smallest absolute Gasteiger partial charge is 0.312 e. The molecule has 33 heavy (non-hydrogen) atoms. The van der Waals surface area contributed by atoms with Crippen molar-refractivity contribution in [3.05, 3.63) is 30.1 Å². The second-order valence-electron chi connectivity index (χ2n) is 7.45. The molecule has 0 aromatic carbocycles. The number of aromatic nitrogens is 6. The minimum Gasteiger partial charge on any atom is -0.312 e. The van der Waals surface area contributed by atoms with Crippen LogP contribution in [0.25, 0.3) is 28.2 Å². The monoisotopic (exact) mass is 501 g/mol. The molecule has 4 heterocycles. The van der Waals surface area contributed by atoms with Crippen molar-refractivity contribution >= 4 is 42.2 Å². The molecular weight excluding hydrogens is 483 g/mol. The highest BCUT2D eigenvalue weighted by Gasteiger charge is 2.33. The van der Waals surface area contributed by atoms with Crippen molar-refractivity contribution in [2.24, 2.45) is 11.4 Å². The molecule has 0 aliphatic rings. The highest BCUT2D eigenvalue weighted by atomic mass is 32.2. The Labute approximate surface area is 186 Å². The second kappa shape index (κ2) is 7.48. The number of nitrogens with zero attached hydrogens (tertiary/aromatic N) is 7. The molecule has 4 rings (SSSR count). The van der Waals surface area contributed by atoms with Gasteiger partial charge >= 0.3 is 6.18 Å². The normalized spacial score (nSPS) is 13.2. The van der Waals surface area contributed by atoms with E-state index in [2.05, 4.69) is 24.4 Å². The molecule has 0 bridgehead atoms. The molecule has 0 saturated heterocycles. The van der Waals surface area contributed by atoms with Crippen LogP contribution in [0.3, 0.4) is 0 Å². The number of sulfone groups is 1. The van der Waals surface area contributed by atoms with E-state index in [1.165, 1.54) is 43.3 Å². The van der Waals surface area contributed by atoms with Crippen LogP contribution in [-0.2, 0) is 32.8 Å². The van der Waals surface area contributed by atoms with Gasteiger partial charge in [-0.15, -0.1) is 0 Å². The van der Waals surface area contributed by atoms with E-state index in [9.17, 15) is 25.8 Å². The zero-order valence-electron chi connectivity index (χ0n) is 17.8. The minimum atomic E-state index is -4.62. The van der Waals surface area contributed by atoms with Crippen molar-refractivity contribution in [3.63, 3.8) is 0 Å². The first-order chi connectivity index (χ1) is 15.2. The Hall–Kier alpha value is -3.07. The van der Waals surface area contributed by atoms with Gasteiger partial charge in [0.15, 0.2) is 32.0 Å². The van der Waals surface area contributed by atoms with Gasteiger partial charge in [0.05, 0.1) is 11.3 Å². The Bertz CT molecular complexity index is 1640. The molecule has 0 spiro atoms. The van der Waals surface area contributed by atoms with Crippen LogP contribution in [0, 0.1) is 0 Å². The van der Waals surface area contributed by atoms with Gasteiger partial charge in [0, 0.05) is 47.7 Å². The summed E-state index contributed by atoms with van der Waals surface area (Å²) in [5.74, 6) is -0.183. The van der Waals surface area contributed by atoms with Crippen LogP contribution in [0.2, 0.25) is 0 Å². The third kappa shape index (κ3) is 4.06. The van der Waals surface area contributed by atoms with Gasteiger partial charge in [-0.1, -0.05) is 6.92 Å². The fourth-order valence-electron chi connectivity index (χ4n) is 3.21. The molecule has 176 valence electrons. The van der Waals surface area contributed by atoms with Crippen molar-refractivity contribution in [1.29, 1.82) is 0 Å². The van der Waals surface area contributed by atoms with E-state index in [4.69, 9.17) is 0 Å². The molecule has 0 fully saturated rings. The molecule has 15 heteroatoms. The largest absolute Gasteiger partial charge is 0.417 e. The van der Waals surface area contributed by atoms with E-state index in [0.29, 0.717) is 6.20 Å². The van der Waals surface area contributed by atoms with E-state index in [1.807, 2.05) is 0 Å². The minimum absolute atomic E-state index is 0.0113. The SMILES string of the molecule is CCS(=O)(=O)c1nn2c(N=S(C)(C)=O)ccnc2c1-c1nc2cc(C(F)(F)F)cnc2n1C. The molecule has 0 aliphatic heterocycles. The zero-order chi connectivity index (χ0) is 24.3. The lowest BCUT2D eigenvalue weighted by molar-refractivity contribution is -0.137. The highest BCUT2D eigenvalue weighted by molar-refractivity contribution is 7.92. The average molecular weight is 502 g/mol. The number of imidazole rings is 1. The van der Waals surface area contributed by atoms with E-state index in [-0.39, 0.29) is 44.8 Å². The Kier molecular flexibility index (Phi) is 5.24. The predicted molar refractivity (Wildman–Crippen MR) is 115 cm³/mol. The maximum atomic E-state index is 13.1. The lowest BCUT2D eigenvalue weighted by atomic mass is 10.2. The fraction of sp³-hybridized carbons (Fsp3) is 0.333. The zero-order valence-corrected chi connectivity index (χ0v) is 19.5. The number of aryl methyl sites for hydroxylation is 1. The van der Waals surface area contributed by atoms with Crippen molar-refractivity contribution in [2.45, 2.75) is 18.1 Å². The fourth-order valence-corrected chi connectivity index (χ4v) is 4.77. The maximum absolute atomic E-state index is 13.1. The van der Waals surface area contributed by atoms with Gasteiger partial charge in [-0.05, 0) is 6.07 Å². The van der Waals surface area contributed by atoms with Gasteiger partial charge in [0.25, 0.3) is 0 Å². The van der Waals surface area contributed by atoms with Crippen molar-refractivity contribution in [1.82, 2.24) is 29.1 Å². The summed E-state index contributed by atoms with van der Waals surface area (Å²) in [5.41, 5.74) is -0.917. The second-order valence-corrected chi connectivity index (χ2v) is 12.2. The third-order valence-electron chi connectivity index (χ3n) is 4.71. The Balaban J connectivity index is 2.12. The molecule has 0 atom stereocenters. The summed E-state index contributed by atoms with van der Waals surface area (Å²) in [4.78, 5) is 12.3. The summed E-state index contributed by atoms with van der Waals surface area (Å²) in [6, 6.07) is 2.26. The van der Waals surface area contributed by atoms with Crippen LogP contribution in [-0.4, -0.2) is 60.0 Å². The quantitative estimate of drug-likeness (QED) is 0.421. The van der Waals surface area contributed by atoms with Gasteiger partial charge in [-0.25, -0.2) is 27.6 Å². The number of halogens is 3. The summed E-state index contributed by atoms with van der Waals surface area (Å²) in [6.45, 7) is 1.43. The van der Waals surface area contributed by atoms with Crippen LogP contribution in [0.1, 0.15) is 12.5 Å². The van der Waals surface area contributed by atoms with Crippen LogP contribution in [0.4, 0.5) is 19.0 Å². The number of hydrogen-bond acceptors (Lipinski definition) is 8. The number of rotatable bonds is 4. The maximum Gasteiger partial charge on any atom is 0.417 e. The van der Waals surface area contributed by atoms with Crippen molar-refractivity contribution in [2.75, 3.05) is 18.3 Å². The van der Waals surface area contributed by atoms with Crippen LogP contribution in [0.5, 0.6) is 0 Å². The molecule has 0 saturated carbocycles. The van der Waals surface area contributed by atoms with E-state index in [1.54, 1.807) is 0 Å². The Morgan fingerprint density at radius 3 is 2.42 bits per heavy atom. The summed E-state index contributed by atoms with van der Waals surface area (Å²) >= 11 is 0. The van der Waals surface area contributed by atoms with Gasteiger partial charge in [0.1, 0.15) is 16.9 Å². The van der Waals surface area contributed by atoms with Crippen LogP contribution in [0.15, 0.2) is 33.9 Å². The number of fused-ring (bicyclic) bond motifs is 2. The Morgan fingerprint density at radius 2 is 1.82 bits per heavy atom. The summed E-state index contributed by atoms with van der Waals surface area (Å²) in [7, 11) is -5.05. The topological polar surface area (TPSA) is 124 Å². The molecule has 0 aliphatic carbocycles. The molecular formula is C18H18F3N7O3S2. The summed E-state index contributed by atoms with van der Waals surface area (Å²) in [5, 5.41) is 3.81. The molecule has 10 nitrogen and oxygen atoms in total. The Morgan fingerprint density at radius 1 is 1.12 bits per heavy atom. The molecule has 0 N–H and O–H groups in total. The number of alkyl halides is 3. The number of pyridine rings is 1. The van der Waals surface area contributed by atoms with E-state index < -0.39 is 31.3 Å². The summed E-state index contributed by atoms with van der Waals surface area (Å²) < 4.78 is 84.0. The average Bonchev–Trinajstić information content (AvgIpc) is 3.25. The van der Waals surface area contributed by atoms with Crippen LogP contribution < -0.4 is 0 Å². The molecule has 0 amide bonds. The number of hydrogen-bond donors (Lipinski definition) is 0. The first kappa shape index (κ1) is 23.1. The molecule has 4 aromatic heterocycles. The van der Waals surface area contributed by atoms with Gasteiger partial charge in [0.2, 0.25) is 0 Å².